The van der Waals surface area contributed by atoms with Gasteiger partial charge in [0.25, 0.3) is 0 Å². The topological polar surface area (TPSA) is 60.2 Å². The lowest BCUT2D eigenvalue weighted by atomic mass is 10.00. The number of halogens is 3. The summed E-state index contributed by atoms with van der Waals surface area (Å²) >= 11 is 5.21. The van der Waals surface area contributed by atoms with Crippen LogP contribution in [0.5, 0.6) is 0 Å². The molecule has 0 saturated carbocycles. The van der Waals surface area contributed by atoms with Crippen molar-refractivity contribution >= 4 is 29.1 Å². The molecule has 1 atom stereocenters. The summed E-state index contributed by atoms with van der Waals surface area (Å²) in [4.78, 5) is 0.331. The predicted molar refractivity (Wildman–Crippen MR) is 77.0 cm³/mol. The van der Waals surface area contributed by atoms with Crippen molar-refractivity contribution in [2.75, 3.05) is 5.32 Å². The Hall–Kier alpha value is -2.14. The molecule has 1 heterocycles. The van der Waals surface area contributed by atoms with Crippen LogP contribution in [0.2, 0.25) is 0 Å². The number of nitriles is 1. The van der Waals surface area contributed by atoms with E-state index >= 15 is 0 Å². The fourth-order valence-electron chi connectivity index (χ4n) is 1.83. The molecule has 0 amide bonds. The first kappa shape index (κ1) is 15.3. The van der Waals surface area contributed by atoms with Gasteiger partial charge >= 0.3 is 6.18 Å². The Bertz CT molecular complexity index is 638. The molecule has 0 aromatic heterocycles. The third-order valence-electron chi connectivity index (χ3n) is 3.11. The van der Waals surface area contributed by atoms with E-state index in [1.165, 1.54) is 12.1 Å². The van der Waals surface area contributed by atoms with Gasteiger partial charge in [-0.1, -0.05) is 12.2 Å². The Morgan fingerprint density at radius 3 is 2.76 bits per heavy atom. The minimum Gasteiger partial charge on any atom is -0.348 e. The second-order valence-electron chi connectivity index (χ2n) is 4.78. The standard InChI is InChI=1S/C13H11F3N4S/c1-12(4-5-18-20-12)11(21)19-9-3-2-8(7-17)10(6-9)13(14,15)16/h2-3,5-6,20H,4H2,1H3,(H,19,21). The maximum atomic E-state index is 12.9. The molecule has 0 saturated heterocycles. The summed E-state index contributed by atoms with van der Waals surface area (Å²) in [5.74, 6) is 0. The molecule has 0 radical (unpaired) electrons. The molecule has 4 nitrogen and oxygen atoms in total. The fourth-order valence-corrected chi connectivity index (χ4v) is 2.08. The van der Waals surface area contributed by atoms with Crippen LogP contribution in [0.3, 0.4) is 0 Å². The first-order valence-corrected chi connectivity index (χ1v) is 6.38. The second-order valence-corrected chi connectivity index (χ2v) is 5.19. The van der Waals surface area contributed by atoms with Crippen LogP contribution in [-0.4, -0.2) is 16.7 Å². The second kappa shape index (κ2) is 5.33. The molecule has 2 rings (SSSR count). The lowest BCUT2D eigenvalue weighted by molar-refractivity contribution is -0.137. The largest absolute Gasteiger partial charge is 0.417 e. The number of alkyl halides is 3. The van der Waals surface area contributed by atoms with Gasteiger partial charge in [0.2, 0.25) is 0 Å². The predicted octanol–water partition coefficient (Wildman–Crippen LogP) is 3.05. The average molecular weight is 312 g/mol. The number of anilines is 1. The van der Waals surface area contributed by atoms with Crippen molar-refractivity contribution in [2.45, 2.75) is 25.1 Å². The van der Waals surface area contributed by atoms with Crippen molar-refractivity contribution in [1.29, 1.82) is 5.26 Å². The van der Waals surface area contributed by atoms with Crippen LogP contribution in [0.15, 0.2) is 23.3 Å². The Labute approximate surface area is 124 Å². The number of nitrogens with zero attached hydrogens (tertiary/aromatic N) is 2. The Morgan fingerprint density at radius 2 is 2.24 bits per heavy atom. The number of hydrogen-bond donors (Lipinski definition) is 2. The maximum Gasteiger partial charge on any atom is 0.417 e. The Kier molecular flexibility index (Phi) is 3.87. The monoisotopic (exact) mass is 312 g/mol. The molecule has 1 aliphatic heterocycles. The Morgan fingerprint density at radius 1 is 1.52 bits per heavy atom. The van der Waals surface area contributed by atoms with Crippen molar-refractivity contribution in [3.63, 3.8) is 0 Å². The molecule has 0 fully saturated rings. The van der Waals surface area contributed by atoms with Gasteiger partial charge in [-0.25, -0.2) is 0 Å². The van der Waals surface area contributed by atoms with Gasteiger partial charge in [-0.15, -0.1) is 0 Å². The molecule has 1 aromatic carbocycles. The molecule has 1 aromatic rings. The highest BCUT2D eigenvalue weighted by atomic mass is 32.1. The first-order chi connectivity index (χ1) is 9.76. The lowest BCUT2D eigenvalue weighted by Crippen LogP contribution is -2.46. The first-order valence-electron chi connectivity index (χ1n) is 5.98. The van der Waals surface area contributed by atoms with E-state index in [9.17, 15) is 13.2 Å². The van der Waals surface area contributed by atoms with Gasteiger partial charge in [0.05, 0.1) is 17.2 Å². The minimum absolute atomic E-state index is 0.182. The van der Waals surface area contributed by atoms with Crippen LogP contribution < -0.4 is 10.7 Å². The molecule has 2 N–H and O–H groups in total. The van der Waals surface area contributed by atoms with Gasteiger partial charge in [-0.05, 0) is 25.1 Å². The van der Waals surface area contributed by atoms with Crippen molar-refractivity contribution in [2.24, 2.45) is 5.10 Å². The highest BCUT2D eigenvalue weighted by Crippen LogP contribution is 2.33. The van der Waals surface area contributed by atoms with Gasteiger partial charge in [-0.3, -0.25) is 5.43 Å². The summed E-state index contributed by atoms with van der Waals surface area (Å²) in [6.45, 7) is 1.80. The number of hydrogen-bond acceptors (Lipinski definition) is 4. The zero-order valence-electron chi connectivity index (χ0n) is 11.0. The van der Waals surface area contributed by atoms with E-state index in [1.54, 1.807) is 13.1 Å². The van der Waals surface area contributed by atoms with Crippen LogP contribution >= 0.6 is 12.2 Å². The number of thiocarbonyl (C=S) groups is 1. The summed E-state index contributed by atoms with van der Waals surface area (Å²) in [7, 11) is 0. The zero-order chi connectivity index (χ0) is 15.7. The van der Waals surface area contributed by atoms with Crippen LogP contribution in [0, 0.1) is 11.3 Å². The van der Waals surface area contributed by atoms with Crippen LogP contribution in [-0.2, 0) is 6.18 Å². The third-order valence-corrected chi connectivity index (χ3v) is 3.66. The van der Waals surface area contributed by atoms with E-state index in [0.29, 0.717) is 11.4 Å². The summed E-state index contributed by atoms with van der Waals surface area (Å²) in [5, 5.41) is 15.4. The average Bonchev–Trinajstić information content (AvgIpc) is 2.86. The smallest absolute Gasteiger partial charge is 0.348 e. The molecule has 1 unspecified atom stereocenters. The molecule has 0 bridgehead atoms. The summed E-state index contributed by atoms with van der Waals surface area (Å²) in [6, 6.07) is 4.92. The van der Waals surface area contributed by atoms with E-state index in [4.69, 9.17) is 17.5 Å². The molecule has 110 valence electrons. The normalized spacial score (nSPS) is 20.7. The van der Waals surface area contributed by atoms with Crippen molar-refractivity contribution in [3.8, 4) is 6.07 Å². The third kappa shape index (κ3) is 3.13. The molecular weight excluding hydrogens is 301 g/mol. The van der Waals surface area contributed by atoms with Gasteiger partial charge in [0, 0.05) is 18.3 Å². The van der Waals surface area contributed by atoms with Crippen LogP contribution in [0.4, 0.5) is 18.9 Å². The molecule has 21 heavy (non-hydrogen) atoms. The number of rotatable bonds is 2. The molecule has 0 spiro atoms. The fraction of sp³-hybridized carbons (Fsp3) is 0.308. The lowest BCUT2D eigenvalue weighted by Gasteiger charge is -2.25. The molecule has 0 aliphatic carbocycles. The Balaban J connectivity index is 2.26. The number of hydrazone groups is 1. The number of benzene rings is 1. The molecule has 8 heteroatoms. The maximum absolute atomic E-state index is 12.9. The molecule has 1 aliphatic rings. The quantitative estimate of drug-likeness (QED) is 0.824. The minimum atomic E-state index is -4.59. The SMILES string of the molecule is CC1(C(=S)Nc2ccc(C#N)c(C(F)(F)F)c2)CC=NN1. The summed E-state index contributed by atoms with van der Waals surface area (Å²) in [5.41, 5.74) is 0.959. The highest BCUT2D eigenvalue weighted by molar-refractivity contribution is 7.80. The van der Waals surface area contributed by atoms with Crippen LogP contribution in [0.25, 0.3) is 0 Å². The summed E-state index contributed by atoms with van der Waals surface area (Å²) < 4.78 is 38.7. The zero-order valence-corrected chi connectivity index (χ0v) is 11.8. The van der Waals surface area contributed by atoms with Crippen molar-refractivity contribution in [1.82, 2.24) is 5.43 Å². The number of nitrogens with one attached hydrogen (secondary N) is 2. The summed E-state index contributed by atoms with van der Waals surface area (Å²) in [6.07, 6.45) is -2.40. The molecular formula is C13H11F3N4S. The van der Waals surface area contributed by atoms with E-state index in [0.717, 1.165) is 12.1 Å². The highest BCUT2D eigenvalue weighted by Gasteiger charge is 2.35. The van der Waals surface area contributed by atoms with Gasteiger partial charge < -0.3 is 5.32 Å². The van der Waals surface area contributed by atoms with E-state index in [1.807, 2.05) is 0 Å². The van der Waals surface area contributed by atoms with Crippen LogP contribution in [0.1, 0.15) is 24.5 Å². The van der Waals surface area contributed by atoms with E-state index in [2.05, 4.69) is 15.8 Å². The van der Waals surface area contributed by atoms with Gasteiger partial charge in [0.15, 0.2) is 0 Å². The van der Waals surface area contributed by atoms with Crippen molar-refractivity contribution < 1.29 is 13.2 Å². The van der Waals surface area contributed by atoms with Crippen molar-refractivity contribution in [3.05, 3.63) is 29.3 Å². The van der Waals surface area contributed by atoms with Gasteiger partial charge in [-0.2, -0.15) is 23.5 Å². The van der Waals surface area contributed by atoms with E-state index < -0.39 is 22.8 Å². The van der Waals surface area contributed by atoms with E-state index in [-0.39, 0.29) is 5.69 Å². The van der Waals surface area contributed by atoms with Gasteiger partial charge in [0.1, 0.15) is 10.5 Å².